The third-order valence-electron chi connectivity index (χ3n) is 3.12. The van der Waals surface area contributed by atoms with Gasteiger partial charge in [-0.3, -0.25) is 0 Å². The molecule has 0 heterocycles. The second-order valence-corrected chi connectivity index (χ2v) is 4.88. The molecule has 1 rings (SSSR count). The lowest BCUT2D eigenvalue weighted by molar-refractivity contribution is 0.660. The third-order valence-corrected chi connectivity index (χ3v) is 3.12. The van der Waals surface area contributed by atoms with Gasteiger partial charge in [0.2, 0.25) is 0 Å². The quantitative estimate of drug-likeness (QED) is 0.637. The van der Waals surface area contributed by atoms with Crippen molar-refractivity contribution in [2.75, 3.05) is 0 Å². The molecular weight excluding hydrogens is 254 g/mol. The molecule has 0 aliphatic carbocycles. The van der Waals surface area contributed by atoms with Crippen LogP contribution in [0.25, 0.3) is 0 Å². The zero-order valence-corrected chi connectivity index (χ0v) is 14.1. The standard InChI is InChI=1S/C12H21N.C8H10/c1-5-8-10-12(9-6-2)13-11(4)7-3;1-2-8-6-4-3-5-7-8/h5-6,8-9,12-13H,4,7,10H2,1-3H3;3-7H,2H2,1H3/b8-5+,9-6-;. The highest BCUT2D eigenvalue weighted by atomic mass is 14.9. The van der Waals surface area contributed by atoms with Crippen LogP contribution in [-0.4, -0.2) is 6.04 Å². The molecule has 0 aliphatic heterocycles. The summed E-state index contributed by atoms with van der Waals surface area (Å²) in [5.74, 6) is 0. The molecule has 0 fully saturated rings. The number of nitrogens with one attached hydrogen (secondary N) is 1. The normalized spacial score (nSPS) is 12.0. The molecule has 0 saturated carbocycles. The van der Waals surface area contributed by atoms with E-state index in [0.717, 1.165) is 25.0 Å². The predicted molar refractivity (Wildman–Crippen MR) is 96.4 cm³/mol. The first-order chi connectivity index (χ1) is 10.2. The summed E-state index contributed by atoms with van der Waals surface area (Å²) in [6.45, 7) is 12.3. The molecule has 0 amide bonds. The molecule has 1 unspecified atom stereocenters. The van der Waals surface area contributed by atoms with Gasteiger partial charge in [0, 0.05) is 11.7 Å². The van der Waals surface area contributed by atoms with Gasteiger partial charge >= 0.3 is 0 Å². The van der Waals surface area contributed by atoms with Crippen LogP contribution in [0.15, 0.2) is 66.9 Å². The first-order valence-electron chi connectivity index (χ1n) is 7.90. The lowest BCUT2D eigenvalue weighted by atomic mass is 10.1. The highest BCUT2D eigenvalue weighted by Gasteiger charge is 2.00. The second-order valence-electron chi connectivity index (χ2n) is 4.88. The van der Waals surface area contributed by atoms with Gasteiger partial charge < -0.3 is 5.32 Å². The van der Waals surface area contributed by atoms with Crippen LogP contribution in [0.5, 0.6) is 0 Å². The molecule has 1 atom stereocenters. The van der Waals surface area contributed by atoms with Crippen LogP contribution in [0.3, 0.4) is 0 Å². The summed E-state index contributed by atoms with van der Waals surface area (Å²) >= 11 is 0. The molecular formula is C20H31N. The number of allylic oxidation sites excluding steroid dienone is 3. The van der Waals surface area contributed by atoms with Gasteiger partial charge in [-0.1, -0.05) is 75.1 Å². The van der Waals surface area contributed by atoms with E-state index in [1.165, 1.54) is 5.56 Å². The summed E-state index contributed by atoms with van der Waals surface area (Å²) in [6, 6.07) is 10.9. The lowest BCUT2D eigenvalue weighted by Gasteiger charge is -2.15. The molecule has 1 aromatic rings. The maximum atomic E-state index is 3.93. The van der Waals surface area contributed by atoms with Gasteiger partial charge in [-0.25, -0.2) is 0 Å². The Kier molecular flexibility index (Phi) is 12.1. The Labute approximate surface area is 131 Å². The van der Waals surface area contributed by atoms with E-state index in [-0.39, 0.29) is 0 Å². The van der Waals surface area contributed by atoms with Crippen molar-refractivity contribution in [3.05, 3.63) is 72.5 Å². The van der Waals surface area contributed by atoms with E-state index in [1.807, 2.05) is 19.9 Å². The average molecular weight is 285 g/mol. The fourth-order valence-electron chi connectivity index (χ4n) is 1.78. The molecule has 1 heteroatoms. The Morgan fingerprint density at radius 1 is 1.14 bits per heavy atom. The summed E-state index contributed by atoms with van der Waals surface area (Å²) in [5, 5.41) is 3.37. The topological polar surface area (TPSA) is 12.0 Å². The lowest BCUT2D eigenvalue weighted by Crippen LogP contribution is -2.25. The van der Waals surface area contributed by atoms with Crippen LogP contribution in [0.4, 0.5) is 0 Å². The first-order valence-corrected chi connectivity index (χ1v) is 7.90. The zero-order valence-electron chi connectivity index (χ0n) is 14.1. The smallest absolute Gasteiger partial charge is 0.0475 e. The minimum atomic E-state index is 0.397. The van der Waals surface area contributed by atoms with E-state index < -0.39 is 0 Å². The number of benzene rings is 1. The molecule has 0 aliphatic rings. The number of aryl methyl sites for hydroxylation is 1. The van der Waals surface area contributed by atoms with Crippen molar-refractivity contribution in [3.63, 3.8) is 0 Å². The summed E-state index contributed by atoms with van der Waals surface area (Å²) in [4.78, 5) is 0. The van der Waals surface area contributed by atoms with Crippen molar-refractivity contribution in [1.82, 2.24) is 5.32 Å². The maximum absolute atomic E-state index is 3.93. The van der Waals surface area contributed by atoms with Crippen LogP contribution in [0, 0.1) is 0 Å². The Morgan fingerprint density at radius 3 is 2.24 bits per heavy atom. The Hall–Kier alpha value is -1.76. The largest absolute Gasteiger partial charge is 0.382 e. The molecule has 1 nitrogen and oxygen atoms in total. The number of rotatable bonds is 7. The van der Waals surface area contributed by atoms with Gasteiger partial charge in [0.05, 0.1) is 0 Å². The van der Waals surface area contributed by atoms with E-state index in [1.54, 1.807) is 0 Å². The zero-order chi connectivity index (χ0) is 15.9. The van der Waals surface area contributed by atoms with Crippen molar-refractivity contribution in [3.8, 4) is 0 Å². The average Bonchev–Trinajstić information content (AvgIpc) is 2.54. The van der Waals surface area contributed by atoms with Crippen molar-refractivity contribution in [2.24, 2.45) is 0 Å². The molecule has 0 aromatic heterocycles. The summed E-state index contributed by atoms with van der Waals surface area (Å²) < 4.78 is 0. The predicted octanol–water partition coefficient (Wildman–Crippen LogP) is 5.66. The SMILES string of the molecule is C=C(CC)NC(/C=C\C)C/C=C/C.CCc1ccccc1. The van der Waals surface area contributed by atoms with Crippen LogP contribution in [0.1, 0.15) is 46.1 Å². The number of hydrogen-bond donors (Lipinski definition) is 1. The first kappa shape index (κ1) is 19.2. The van der Waals surface area contributed by atoms with Gasteiger partial charge in [-0.05, 0) is 38.7 Å². The molecule has 0 saturated heterocycles. The molecule has 1 N–H and O–H groups in total. The Balaban J connectivity index is 0.000000423. The van der Waals surface area contributed by atoms with Crippen LogP contribution < -0.4 is 5.32 Å². The molecule has 1 aromatic carbocycles. The van der Waals surface area contributed by atoms with E-state index in [9.17, 15) is 0 Å². The van der Waals surface area contributed by atoms with Crippen molar-refractivity contribution < 1.29 is 0 Å². The van der Waals surface area contributed by atoms with E-state index >= 15 is 0 Å². The van der Waals surface area contributed by atoms with E-state index in [2.05, 4.69) is 74.3 Å². The summed E-state index contributed by atoms with van der Waals surface area (Å²) in [6.07, 6.45) is 11.6. The van der Waals surface area contributed by atoms with Gasteiger partial charge in [0.15, 0.2) is 0 Å². The van der Waals surface area contributed by atoms with Crippen molar-refractivity contribution in [1.29, 1.82) is 0 Å². The van der Waals surface area contributed by atoms with Gasteiger partial charge in [0.25, 0.3) is 0 Å². The molecule has 0 bridgehead atoms. The minimum absolute atomic E-state index is 0.397. The van der Waals surface area contributed by atoms with Gasteiger partial charge in [0.1, 0.15) is 0 Å². The Morgan fingerprint density at radius 2 is 1.81 bits per heavy atom. The molecule has 21 heavy (non-hydrogen) atoms. The number of hydrogen-bond acceptors (Lipinski definition) is 1. The van der Waals surface area contributed by atoms with E-state index in [0.29, 0.717) is 6.04 Å². The van der Waals surface area contributed by atoms with Gasteiger partial charge in [-0.15, -0.1) is 0 Å². The Bertz CT molecular complexity index is 415. The van der Waals surface area contributed by atoms with Crippen molar-refractivity contribution in [2.45, 2.75) is 53.0 Å². The highest BCUT2D eigenvalue weighted by molar-refractivity contribution is 5.13. The van der Waals surface area contributed by atoms with Crippen molar-refractivity contribution >= 4 is 0 Å². The van der Waals surface area contributed by atoms with Crippen LogP contribution in [0.2, 0.25) is 0 Å². The fraction of sp³-hybridized carbons (Fsp3) is 0.400. The summed E-state index contributed by atoms with van der Waals surface area (Å²) in [7, 11) is 0. The third kappa shape index (κ3) is 10.7. The van der Waals surface area contributed by atoms with Gasteiger partial charge in [-0.2, -0.15) is 0 Å². The monoisotopic (exact) mass is 285 g/mol. The van der Waals surface area contributed by atoms with E-state index in [4.69, 9.17) is 0 Å². The summed E-state index contributed by atoms with van der Waals surface area (Å²) in [5.41, 5.74) is 2.51. The minimum Gasteiger partial charge on any atom is -0.382 e. The highest BCUT2D eigenvalue weighted by Crippen LogP contribution is 2.01. The molecule has 116 valence electrons. The fourth-order valence-corrected chi connectivity index (χ4v) is 1.78. The van der Waals surface area contributed by atoms with Crippen LogP contribution in [-0.2, 0) is 6.42 Å². The van der Waals surface area contributed by atoms with Crippen LogP contribution >= 0.6 is 0 Å². The second kappa shape index (κ2) is 13.2. The maximum Gasteiger partial charge on any atom is 0.0475 e. The molecule has 0 spiro atoms. The molecule has 0 radical (unpaired) electrons.